The van der Waals surface area contributed by atoms with E-state index in [1.165, 1.54) is 0 Å². The first-order valence-electron chi connectivity index (χ1n) is 22.4. The van der Waals surface area contributed by atoms with Gasteiger partial charge in [0.1, 0.15) is 17.2 Å². The summed E-state index contributed by atoms with van der Waals surface area (Å²) in [6, 6.07) is 11.6. The molecule has 6 bridgehead atoms. The predicted molar refractivity (Wildman–Crippen MR) is 259 cm³/mol. The Labute approximate surface area is 363 Å². The van der Waals surface area contributed by atoms with Gasteiger partial charge in [0.05, 0.1) is 24.2 Å². The molecule has 0 aromatic heterocycles. The van der Waals surface area contributed by atoms with Crippen molar-refractivity contribution in [3.05, 3.63) is 105 Å². The van der Waals surface area contributed by atoms with E-state index in [1.807, 2.05) is 93.6 Å². The molecule has 3 aromatic rings. The summed E-state index contributed by atoms with van der Waals surface area (Å²) in [5.41, 5.74) is 6.78. The van der Waals surface area contributed by atoms with E-state index in [9.17, 15) is 15.3 Å². The zero-order valence-electron chi connectivity index (χ0n) is 36.5. The summed E-state index contributed by atoms with van der Waals surface area (Å²) in [7, 11) is 0. The van der Waals surface area contributed by atoms with Crippen molar-refractivity contribution in [1.29, 1.82) is 0 Å². The number of nitrogens with zero attached hydrogens (tertiary/aromatic N) is 6. The molecule has 5 atom stereocenters. The molecule has 9 heteroatoms. The molecule has 1 aliphatic heterocycles. The lowest BCUT2D eigenvalue weighted by atomic mass is 9.91. The maximum atomic E-state index is 11.6. The Bertz CT molecular complexity index is 2230. The van der Waals surface area contributed by atoms with Crippen molar-refractivity contribution < 1.29 is 15.3 Å². The van der Waals surface area contributed by atoms with Crippen molar-refractivity contribution in [1.82, 2.24) is 0 Å². The number of hydrogen-bond donors (Lipinski definition) is 3. The summed E-state index contributed by atoms with van der Waals surface area (Å²) in [6.45, 7) is 8.71. The number of phenolic OH excluding ortho intramolecular Hbond substituents is 3. The van der Waals surface area contributed by atoms with Crippen LogP contribution in [-0.2, 0) is 0 Å². The Balaban J connectivity index is 1.37. The molecule has 5 unspecified atom stereocenters. The number of allylic oxidation sites excluding steroid dienone is 3. The lowest BCUT2D eigenvalue weighted by Crippen LogP contribution is -2.27. The highest BCUT2D eigenvalue weighted by Gasteiger charge is 2.25. The molecule has 320 valence electrons. The Kier molecular flexibility index (Phi) is 16.7. The fraction of sp³-hybridized carbons (Fsp3) is 0.423. The number of hydrogen-bond acceptors (Lipinski definition) is 9. The third-order valence-corrected chi connectivity index (χ3v) is 11.8. The van der Waals surface area contributed by atoms with Crippen LogP contribution >= 0.6 is 0 Å². The van der Waals surface area contributed by atoms with Gasteiger partial charge in [-0.2, -0.15) is 0 Å². The monoisotopic (exact) mass is 821 g/mol. The molecular weight excluding hydrogens is 757 g/mol. The van der Waals surface area contributed by atoms with Crippen molar-refractivity contribution in [2.24, 2.45) is 30.0 Å². The van der Waals surface area contributed by atoms with Crippen LogP contribution in [0.5, 0.6) is 17.2 Å². The van der Waals surface area contributed by atoms with Gasteiger partial charge in [-0.05, 0) is 119 Å². The average Bonchev–Trinajstić information content (AvgIpc) is 3.26. The van der Waals surface area contributed by atoms with Gasteiger partial charge in [-0.25, -0.2) is 0 Å². The van der Waals surface area contributed by atoms with Gasteiger partial charge in [0, 0.05) is 83.3 Å². The SMILES string of the molecule is C/C=C/c1cc2c(O)c(c1)C=NC1CCCCC1N=Cc1cc(/C=C/C)cc(c1O)C=NC1CCCCC1N=Cc1cc(/C=C/C)cc(c1O)C=NC(C)CCCCCN=C2. The van der Waals surface area contributed by atoms with Crippen LogP contribution in [0.25, 0.3) is 18.2 Å². The van der Waals surface area contributed by atoms with Gasteiger partial charge in [0.25, 0.3) is 0 Å². The summed E-state index contributed by atoms with van der Waals surface area (Å²) in [4.78, 5) is 29.7. The van der Waals surface area contributed by atoms with Crippen LogP contribution in [0.1, 0.15) is 155 Å². The second kappa shape index (κ2) is 22.8. The van der Waals surface area contributed by atoms with E-state index >= 15 is 0 Å². The normalized spacial score (nSPS) is 23.3. The number of benzene rings is 3. The maximum absolute atomic E-state index is 11.6. The van der Waals surface area contributed by atoms with Gasteiger partial charge < -0.3 is 15.3 Å². The van der Waals surface area contributed by atoms with Crippen molar-refractivity contribution in [2.75, 3.05) is 6.54 Å². The molecule has 0 amide bonds. The molecule has 3 N–H and O–H groups in total. The van der Waals surface area contributed by atoms with Crippen LogP contribution in [0.3, 0.4) is 0 Å². The average molecular weight is 821 g/mol. The summed E-state index contributed by atoms with van der Waals surface area (Å²) in [6.07, 6.45) is 34.4. The first-order chi connectivity index (χ1) is 29.8. The molecule has 61 heavy (non-hydrogen) atoms. The van der Waals surface area contributed by atoms with Crippen LogP contribution in [0.15, 0.2) is 84.6 Å². The van der Waals surface area contributed by atoms with E-state index < -0.39 is 0 Å². The second-order valence-corrected chi connectivity index (χ2v) is 16.6. The number of rotatable bonds is 3. The van der Waals surface area contributed by atoms with Crippen LogP contribution in [0, 0.1) is 0 Å². The second-order valence-electron chi connectivity index (χ2n) is 16.6. The van der Waals surface area contributed by atoms with Gasteiger partial charge in [-0.1, -0.05) is 75.0 Å². The van der Waals surface area contributed by atoms with E-state index in [2.05, 4.69) is 6.92 Å². The Morgan fingerprint density at radius 3 is 1.07 bits per heavy atom. The maximum Gasteiger partial charge on any atom is 0.133 e. The Morgan fingerprint density at radius 2 is 0.721 bits per heavy atom. The minimum atomic E-state index is -0.0686. The Hall–Kier alpha value is -5.70. The Morgan fingerprint density at radius 1 is 0.410 bits per heavy atom. The van der Waals surface area contributed by atoms with E-state index in [0.29, 0.717) is 39.9 Å². The zero-order chi connectivity index (χ0) is 43.0. The summed E-state index contributed by atoms with van der Waals surface area (Å²) >= 11 is 0. The van der Waals surface area contributed by atoms with Crippen molar-refractivity contribution in [3.63, 3.8) is 0 Å². The molecule has 0 saturated heterocycles. The summed E-state index contributed by atoms with van der Waals surface area (Å²) in [5, 5.41) is 34.5. The molecule has 2 aliphatic carbocycles. The smallest absolute Gasteiger partial charge is 0.133 e. The van der Waals surface area contributed by atoms with E-state index in [4.69, 9.17) is 30.0 Å². The highest BCUT2D eigenvalue weighted by molar-refractivity contribution is 5.95. The highest BCUT2D eigenvalue weighted by Crippen LogP contribution is 2.31. The van der Waals surface area contributed by atoms with Crippen LogP contribution in [0.2, 0.25) is 0 Å². The molecule has 2 saturated carbocycles. The van der Waals surface area contributed by atoms with E-state index in [-0.39, 0.29) is 47.5 Å². The number of aliphatic imine (C=N–C) groups is 6. The van der Waals surface area contributed by atoms with Crippen molar-refractivity contribution in [2.45, 2.75) is 135 Å². The molecule has 9 nitrogen and oxygen atoms in total. The number of phenols is 3. The van der Waals surface area contributed by atoms with E-state index in [0.717, 1.165) is 93.7 Å². The standard InChI is InChI=1S/C52H64N6O3/c1-5-15-37-24-40-30-53-23-14-8-9-18-36(4)54-31-41-25-38(16-6-2)27-43(51(41)60)33-56-48-21-12-13-22-49(48)58-35-45-29-39(17-7-3)28-44(52(45)61)34-57-47-20-11-10-19-46(47)55-32-42(26-37)50(40)59/h5-7,15-17,24-36,46-49,59-61H,8-14,18-23H2,1-4H3/b15-5+,16-6+,17-7+,53-30?,54-31?,55-32?,56-33?,57-34?,58-35?. The topological polar surface area (TPSA) is 135 Å². The molecule has 3 aliphatic rings. The van der Waals surface area contributed by atoms with Gasteiger partial charge in [0.2, 0.25) is 0 Å². The van der Waals surface area contributed by atoms with Gasteiger partial charge in [-0.3, -0.25) is 30.0 Å². The van der Waals surface area contributed by atoms with Crippen LogP contribution in [0.4, 0.5) is 0 Å². The van der Waals surface area contributed by atoms with E-state index in [1.54, 1.807) is 37.3 Å². The molecule has 0 radical (unpaired) electrons. The molecule has 1 heterocycles. The minimum absolute atomic E-state index is 0.0605. The predicted octanol–water partition coefficient (Wildman–Crippen LogP) is 11.4. The molecular formula is C52H64N6O3. The third-order valence-electron chi connectivity index (χ3n) is 11.8. The zero-order valence-corrected chi connectivity index (χ0v) is 36.5. The fourth-order valence-corrected chi connectivity index (χ4v) is 8.42. The van der Waals surface area contributed by atoms with Crippen LogP contribution < -0.4 is 0 Å². The highest BCUT2D eigenvalue weighted by atomic mass is 16.3. The lowest BCUT2D eigenvalue weighted by molar-refractivity contribution is 0.389. The summed E-state index contributed by atoms with van der Waals surface area (Å²) < 4.78 is 0. The third kappa shape index (κ3) is 12.7. The molecule has 0 spiro atoms. The van der Waals surface area contributed by atoms with Gasteiger partial charge in [0.15, 0.2) is 0 Å². The fourth-order valence-electron chi connectivity index (χ4n) is 8.42. The van der Waals surface area contributed by atoms with Crippen LogP contribution in [-0.4, -0.2) is 89.4 Å². The summed E-state index contributed by atoms with van der Waals surface area (Å²) in [5.74, 6) is 0.466. The van der Waals surface area contributed by atoms with Gasteiger partial charge >= 0.3 is 0 Å². The lowest BCUT2D eigenvalue weighted by Gasteiger charge is -2.26. The van der Waals surface area contributed by atoms with Gasteiger partial charge in [-0.15, -0.1) is 0 Å². The number of aromatic hydroxyl groups is 3. The first kappa shape index (κ1) is 44.8. The molecule has 2 fully saturated rings. The minimum Gasteiger partial charge on any atom is -0.507 e. The quantitative estimate of drug-likeness (QED) is 0.243. The van der Waals surface area contributed by atoms with Crippen molar-refractivity contribution >= 4 is 55.5 Å². The number of fused-ring (bicyclic) bond motifs is 8. The molecule has 6 rings (SSSR count). The molecule has 3 aromatic carbocycles. The van der Waals surface area contributed by atoms with Crippen molar-refractivity contribution in [3.8, 4) is 17.2 Å². The largest absolute Gasteiger partial charge is 0.507 e. The first-order valence-corrected chi connectivity index (χ1v) is 22.4.